The number of esters is 1. The van der Waals surface area contributed by atoms with E-state index in [1.807, 2.05) is 44.4 Å². The molecule has 4 aromatic rings. The van der Waals surface area contributed by atoms with Gasteiger partial charge in [0, 0.05) is 23.3 Å². The van der Waals surface area contributed by atoms with Gasteiger partial charge in [0.05, 0.1) is 42.0 Å². The van der Waals surface area contributed by atoms with E-state index in [1.165, 1.54) is 29.2 Å². The molecule has 0 saturated carbocycles. The van der Waals surface area contributed by atoms with Crippen LogP contribution in [0.25, 0.3) is 11.8 Å². The van der Waals surface area contributed by atoms with Crippen molar-refractivity contribution in [3.63, 3.8) is 0 Å². The lowest BCUT2D eigenvalue weighted by Crippen LogP contribution is -2.39. The fraction of sp³-hybridized carbons (Fsp3) is 0.250. The van der Waals surface area contributed by atoms with E-state index in [-0.39, 0.29) is 16.7 Å². The second-order valence-corrected chi connectivity index (χ2v) is 10.8. The molecule has 11 heteroatoms. The lowest BCUT2D eigenvalue weighted by molar-refractivity contribution is -0.136. The van der Waals surface area contributed by atoms with Crippen molar-refractivity contribution in [3.8, 4) is 17.2 Å². The Labute approximate surface area is 251 Å². The number of carbonyl (C=O) groups excluding carboxylic acids is 1. The third-order valence-electron chi connectivity index (χ3n) is 7.14. The zero-order valence-electron chi connectivity index (χ0n) is 24.4. The van der Waals surface area contributed by atoms with Gasteiger partial charge >= 0.3 is 11.9 Å². The summed E-state index contributed by atoms with van der Waals surface area (Å²) >= 11 is 1.23. The summed E-state index contributed by atoms with van der Waals surface area (Å²) in [6.45, 7) is 8.50. The zero-order chi connectivity index (χ0) is 30.8. The molecule has 43 heavy (non-hydrogen) atoms. The minimum absolute atomic E-state index is 0.203. The third kappa shape index (κ3) is 5.51. The minimum atomic E-state index is -0.989. The first-order valence-corrected chi connectivity index (χ1v) is 14.5. The first kappa shape index (κ1) is 29.6. The molecule has 0 saturated heterocycles. The van der Waals surface area contributed by atoms with E-state index in [0.29, 0.717) is 39.6 Å². The summed E-state index contributed by atoms with van der Waals surface area (Å²) < 4.78 is 20.5. The van der Waals surface area contributed by atoms with Crippen molar-refractivity contribution in [2.75, 3.05) is 20.3 Å². The van der Waals surface area contributed by atoms with Crippen molar-refractivity contribution in [1.29, 1.82) is 0 Å². The Hall–Kier alpha value is -4.90. The Bertz CT molecular complexity index is 1930. The standard InChI is InChI=1S/C32H31N3O7S/c1-6-41-25-13-10-21(15-26(25)42-7-2)28-24(31(39)40-5)17-33-32-35(28)29(36)27(43-32)16-22-14-18(3)34(19(22)4)23-11-8-20(9-12-23)30(37)38/h8-17,28H,6-7H2,1-5H3,(H,37,38)/b27-16-/t28-/m1/s1. The van der Waals surface area contributed by atoms with Crippen molar-refractivity contribution >= 4 is 29.4 Å². The number of benzene rings is 2. The molecule has 3 heterocycles. The van der Waals surface area contributed by atoms with Gasteiger partial charge in [0.2, 0.25) is 0 Å². The summed E-state index contributed by atoms with van der Waals surface area (Å²) in [7, 11) is 1.29. The molecule has 0 aliphatic carbocycles. The Morgan fingerprint density at radius 2 is 1.72 bits per heavy atom. The maximum absolute atomic E-state index is 14.0. The highest BCUT2D eigenvalue weighted by Crippen LogP contribution is 2.35. The number of hydrogen-bond donors (Lipinski definition) is 1. The number of rotatable bonds is 9. The second-order valence-electron chi connectivity index (χ2n) is 9.76. The largest absolute Gasteiger partial charge is 0.490 e. The van der Waals surface area contributed by atoms with Crippen LogP contribution in [0.15, 0.2) is 70.1 Å². The van der Waals surface area contributed by atoms with E-state index < -0.39 is 18.0 Å². The van der Waals surface area contributed by atoms with Crippen molar-refractivity contribution in [2.24, 2.45) is 4.99 Å². The van der Waals surface area contributed by atoms with Gasteiger partial charge in [-0.15, -0.1) is 0 Å². The minimum Gasteiger partial charge on any atom is -0.490 e. The number of carbonyl (C=O) groups is 2. The van der Waals surface area contributed by atoms with Crippen LogP contribution in [0.4, 0.5) is 0 Å². The Kier molecular flexibility index (Phi) is 8.36. The van der Waals surface area contributed by atoms with Crippen molar-refractivity contribution in [2.45, 2.75) is 33.7 Å². The maximum Gasteiger partial charge on any atom is 0.337 e. The topological polar surface area (TPSA) is 121 Å². The number of aryl methyl sites for hydroxylation is 1. The van der Waals surface area contributed by atoms with E-state index in [1.54, 1.807) is 42.5 Å². The molecule has 2 aromatic heterocycles. The number of thiazole rings is 1. The molecule has 2 aromatic carbocycles. The van der Waals surface area contributed by atoms with Crippen LogP contribution in [0.1, 0.15) is 52.8 Å². The molecular formula is C32H31N3O7S. The Morgan fingerprint density at radius 3 is 2.37 bits per heavy atom. The van der Waals surface area contributed by atoms with Crippen LogP contribution in [0.3, 0.4) is 0 Å². The highest BCUT2D eigenvalue weighted by molar-refractivity contribution is 7.07. The summed E-state index contributed by atoms with van der Waals surface area (Å²) in [5.41, 5.74) is 4.21. The number of aromatic nitrogens is 2. The fourth-order valence-electron chi connectivity index (χ4n) is 5.21. The van der Waals surface area contributed by atoms with E-state index in [0.717, 1.165) is 22.6 Å². The quantitative estimate of drug-likeness (QED) is 0.289. The molecule has 1 aliphatic rings. The van der Waals surface area contributed by atoms with E-state index >= 15 is 0 Å². The van der Waals surface area contributed by atoms with Crippen molar-refractivity contribution in [1.82, 2.24) is 9.13 Å². The van der Waals surface area contributed by atoms with Crippen molar-refractivity contribution in [3.05, 3.63) is 108 Å². The smallest absolute Gasteiger partial charge is 0.337 e. The lowest BCUT2D eigenvalue weighted by atomic mass is 9.97. The number of carboxylic acids is 1. The van der Waals surface area contributed by atoms with Gasteiger partial charge in [0.25, 0.3) is 5.56 Å². The fourth-order valence-corrected chi connectivity index (χ4v) is 6.17. The number of ether oxygens (including phenoxy) is 3. The van der Waals surface area contributed by atoms with Crippen LogP contribution in [0.5, 0.6) is 11.5 Å². The first-order chi connectivity index (χ1) is 20.7. The number of fused-ring (bicyclic) bond motifs is 1. The molecule has 0 amide bonds. The second kappa shape index (κ2) is 12.1. The molecule has 10 nitrogen and oxygen atoms in total. The zero-order valence-corrected chi connectivity index (χ0v) is 25.2. The van der Waals surface area contributed by atoms with Crippen LogP contribution in [0.2, 0.25) is 0 Å². The molecular weight excluding hydrogens is 570 g/mol. The van der Waals surface area contributed by atoms with Gasteiger partial charge in [-0.3, -0.25) is 9.36 Å². The predicted octanol–water partition coefficient (Wildman–Crippen LogP) is 3.92. The molecule has 0 fully saturated rings. The molecule has 1 aliphatic heterocycles. The number of methoxy groups -OCH3 is 1. The SMILES string of the molecule is CCOc1ccc([C@@H]2C(C(=O)OC)=CN=c3s/c(=C\c4cc(C)n(-c5ccc(C(=O)O)cc5)c4C)c(=O)n32)cc1OCC. The van der Waals surface area contributed by atoms with E-state index in [9.17, 15) is 19.5 Å². The average Bonchev–Trinajstić information content (AvgIpc) is 3.47. The van der Waals surface area contributed by atoms with Crippen LogP contribution in [-0.4, -0.2) is 46.5 Å². The van der Waals surface area contributed by atoms with Crippen LogP contribution >= 0.6 is 11.3 Å². The van der Waals surface area contributed by atoms with Gasteiger partial charge in [0.1, 0.15) is 0 Å². The molecule has 1 N–H and O–H groups in total. The van der Waals surface area contributed by atoms with Gasteiger partial charge in [-0.2, -0.15) is 0 Å². The summed E-state index contributed by atoms with van der Waals surface area (Å²) in [5, 5.41) is 9.25. The Morgan fingerprint density at radius 1 is 1.02 bits per heavy atom. The normalized spacial score (nSPS) is 14.5. The summed E-state index contributed by atoms with van der Waals surface area (Å²) in [4.78, 5) is 43.0. The predicted molar refractivity (Wildman–Crippen MR) is 162 cm³/mol. The molecule has 0 bridgehead atoms. The van der Waals surface area contributed by atoms with Crippen LogP contribution in [0, 0.1) is 13.8 Å². The van der Waals surface area contributed by atoms with Gasteiger partial charge < -0.3 is 23.9 Å². The monoisotopic (exact) mass is 601 g/mol. The van der Waals surface area contributed by atoms with Gasteiger partial charge in [0.15, 0.2) is 16.3 Å². The maximum atomic E-state index is 14.0. The molecule has 0 spiro atoms. The van der Waals surface area contributed by atoms with Gasteiger partial charge in [-0.25, -0.2) is 14.6 Å². The van der Waals surface area contributed by atoms with Gasteiger partial charge in [-0.05, 0) is 87.4 Å². The molecule has 1 atom stereocenters. The van der Waals surface area contributed by atoms with Crippen LogP contribution in [-0.2, 0) is 9.53 Å². The summed E-state index contributed by atoms with van der Waals surface area (Å²) in [6.07, 6.45) is 3.27. The molecule has 222 valence electrons. The number of hydrogen-bond acceptors (Lipinski definition) is 8. The molecule has 0 radical (unpaired) electrons. The third-order valence-corrected chi connectivity index (χ3v) is 8.13. The van der Waals surface area contributed by atoms with Crippen LogP contribution < -0.4 is 24.4 Å². The summed E-state index contributed by atoms with van der Waals surface area (Å²) in [6, 6.07) is 13.2. The van der Waals surface area contributed by atoms with Crippen molar-refractivity contribution < 1.29 is 28.9 Å². The summed E-state index contributed by atoms with van der Waals surface area (Å²) in [5.74, 6) is -0.505. The number of aromatic carboxylic acids is 1. The van der Waals surface area contributed by atoms with E-state index in [2.05, 4.69) is 4.99 Å². The number of nitrogens with zero attached hydrogens (tertiary/aromatic N) is 3. The molecule has 5 rings (SSSR count). The lowest BCUT2D eigenvalue weighted by Gasteiger charge is -2.23. The van der Waals surface area contributed by atoms with Gasteiger partial charge in [-0.1, -0.05) is 17.4 Å². The average molecular weight is 602 g/mol. The highest BCUT2D eigenvalue weighted by Gasteiger charge is 2.31. The first-order valence-electron chi connectivity index (χ1n) is 13.7. The van der Waals surface area contributed by atoms with E-state index in [4.69, 9.17) is 14.2 Å². The number of carboxylic acid groups (broad SMARTS) is 1. The molecule has 0 unspecified atom stereocenters. The Balaban J connectivity index is 1.63. The highest BCUT2D eigenvalue weighted by atomic mass is 32.1.